The van der Waals surface area contributed by atoms with Crippen LogP contribution < -0.4 is 11.1 Å². The van der Waals surface area contributed by atoms with E-state index in [1.54, 1.807) is 29.2 Å². The molecule has 0 aliphatic rings. The Morgan fingerprint density at radius 1 is 1.50 bits per heavy atom. The number of anilines is 2. The zero-order valence-electron chi connectivity index (χ0n) is 9.51. The van der Waals surface area contributed by atoms with Crippen molar-refractivity contribution in [1.29, 1.82) is 0 Å². The number of nitrogen functional groups attached to an aromatic ring is 1. The van der Waals surface area contributed by atoms with Gasteiger partial charge in [0.2, 0.25) is 5.91 Å². The molecule has 0 saturated carbocycles. The van der Waals surface area contributed by atoms with Gasteiger partial charge in [-0.3, -0.25) is 9.48 Å². The molecule has 2 rings (SSSR count). The Balaban J connectivity index is 1.91. The van der Waals surface area contributed by atoms with E-state index in [-0.39, 0.29) is 5.91 Å². The summed E-state index contributed by atoms with van der Waals surface area (Å²) in [5, 5.41) is 7.16. The van der Waals surface area contributed by atoms with E-state index < -0.39 is 0 Å². The summed E-state index contributed by atoms with van der Waals surface area (Å²) in [7, 11) is 0. The van der Waals surface area contributed by atoms with Crippen LogP contribution in [0.25, 0.3) is 0 Å². The number of benzene rings is 1. The largest absolute Gasteiger partial charge is 0.397 e. The molecule has 0 radical (unpaired) electrons. The second kappa shape index (κ2) is 5.50. The van der Waals surface area contributed by atoms with Crippen molar-refractivity contribution in [3.8, 4) is 0 Å². The molecule has 1 heterocycles. The number of hydrogen-bond acceptors (Lipinski definition) is 4. The molecule has 1 amide bonds. The highest BCUT2D eigenvalue weighted by Crippen LogP contribution is 2.22. The number of nitrogens with zero attached hydrogens (tertiary/aromatic N) is 3. The molecule has 18 heavy (non-hydrogen) atoms. The maximum absolute atomic E-state index is 11.7. The molecule has 94 valence electrons. The Bertz CT molecular complexity index is 540. The monoisotopic (exact) mass is 265 g/mol. The number of hydrogen-bond donors (Lipinski definition) is 2. The SMILES string of the molecule is Nc1cc(Cl)ccc1NC(=O)CCn1cncn1. The lowest BCUT2D eigenvalue weighted by Crippen LogP contribution is -2.15. The van der Waals surface area contributed by atoms with Crippen LogP contribution in [-0.2, 0) is 11.3 Å². The van der Waals surface area contributed by atoms with E-state index in [0.29, 0.717) is 29.4 Å². The van der Waals surface area contributed by atoms with Gasteiger partial charge in [0.05, 0.1) is 17.9 Å². The van der Waals surface area contributed by atoms with Gasteiger partial charge in [0.15, 0.2) is 0 Å². The number of aromatic nitrogens is 3. The first-order chi connectivity index (χ1) is 8.65. The fourth-order valence-corrected chi connectivity index (χ4v) is 1.60. The van der Waals surface area contributed by atoms with Crippen LogP contribution in [-0.4, -0.2) is 20.7 Å². The smallest absolute Gasteiger partial charge is 0.226 e. The van der Waals surface area contributed by atoms with Crippen molar-refractivity contribution in [3.63, 3.8) is 0 Å². The second-order valence-corrected chi connectivity index (χ2v) is 4.12. The van der Waals surface area contributed by atoms with Gasteiger partial charge in [-0.15, -0.1) is 0 Å². The van der Waals surface area contributed by atoms with Gasteiger partial charge in [-0.05, 0) is 18.2 Å². The summed E-state index contributed by atoms with van der Waals surface area (Å²) in [6.07, 6.45) is 3.28. The number of halogens is 1. The van der Waals surface area contributed by atoms with E-state index in [1.165, 1.54) is 6.33 Å². The van der Waals surface area contributed by atoms with Crippen molar-refractivity contribution in [1.82, 2.24) is 14.8 Å². The summed E-state index contributed by atoms with van der Waals surface area (Å²) in [6, 6.07) is 4.94. The van der Waals surface area contributed by atoms with Crippen LogP contribution >= 0.6 is 11.6 Å². The number of nitrogens with one attached hydrogen (secondary N) is 1. The molecule has 1 aromatic heterocycles. The molecule has 6 nitrogen and oxygen atoms in total. The fourth-order valence-electron chi connectivity index (χ4n) is 1.42. The third kappa shape index (κ3) is 3.21. The van der Waals surface area contributed by atoms with Crippen LogP contribution in [0.3, 0.4) is 0 Å². The first kappa shape index (κ1) is 12.4. The molecular weight excluding hydrogens is 254 g/mol. The van der Waals surface area contributed by atoms with E-state index in [1.807, 2.05) is 0 Å². The van der Waals surface area contributed by atoms with Crippen molar-refractivity contribution in [3.05, 3.63) is 35.9 Å². The molecule has 0 unspecified atom stereocenters. The van der Waals surface area contributed by atoms with E-state index in [0.717, 1.165) is 0 Å². The molecule has 0 saturated heterocycles. The van der Waals surface area contributed by atoms with Crippen molar-refractivity contribution in [2.75, 3.05) is 11.1 Å². The predicted molar refractivity (Wildman–Crippen MR) is 69.1 cm³/mol. The molecular formula is C11H12ClN5O. The minimum atomic E-state index is -0.139. The van der Waals surface area contributed by atoms with Crippen molar-refractivity contribution >= 4 is 28.9 Å². The molecule has 0 aliphatic heterocycles. The van der Waals surface area contributed by atoms with Crippen LogP contribution in [0.1, 0.15) is 6.42 Å². The first-order valence-electron chi connectivity index (χ1n) is 5.32. The Kier molecular flexibility index (Phi) is 3.78. The van der Waals surface area contributed by atoms with E-state index in [2.05, 4.69) is 15.4 Å². The fraction of sp³-hybridized carbons (Fsp3) is 0.182. The van der Waals surface area contributed by atoms with Crippen molar-refractivity contribution < 1.29 is 4.79 Å². The number of carbonyl (C=O) groups excluding carboxylic acids is 1. The van der Waals surface area contributed by atoms with E-state index in [4.69, 9.17) is 17.3 Å². The van der Waals surface area contributed by atoms with Crippen LogP contribution in [0.5, 0.6) is 0 Å². The summed E-state index contributed by atoms with van der Waals surface area (Å²) in [5.74, 6) is -0.139. The lowest BCUT2D eigenvalue weighted by molar-refractivity contribution is -0.116. The Morgan fingerprint density at radius 3 is 3.00 bits per heavy atom. The number of amides is 1. The minimum absolute atomic E-state index is 0.139. The molecule has 0 bridgehead atoms. The first-order valence-corrected chi connectivity index (χ1v) is 5.70. The Labute approximate surface area is 109 Å². The lowest BCUT2D eigenvalue weighted by atomic mass is 10.2. The molecule has 0 spiro atoms. The number of rotatable bonds is 4. The van der Waals surface area contributed by atoms with E-state index in [9.17, 15) is 4.79 Å². The highest BCUT2D eigenvalue weighted by atomic mass is 35.5. The molecule has 1 aromatic carbocycles. The maximum Gasteiger partial charge on any atom is 0.226 e. The third-order valence-corrected chi connectivity index (χ3v) is 2.56. The molecule has 0 atom stereocenters. The van der Waals surface area contributed by atoms with Gasteiger partial charge in [-0.2, -0.15) is 5.10 Å². The summed E-state index contributed by atoms with van der Waals surface area (Å²) in [6.45, 7) is 0.472. The van der Waals surface area contributed by atoms with Gasteiger partial charge < -0.3 is 11.1 Å². The molecule has 2 aromatic rings. The van der Waals surface area contributed by atoms with Gasteiger partial charge in [0.25, 0.3) is 0 Å². The summed E-state index contributed by atoms with van der Waals surface area (Å²) < 4.78 is 1.59. The number of aryl methyl sites for hydroxylation is 1. The highest BCUT2D eigenvalue weighted by Gasteiger charge is 2.06. The second-order valence-electron chi connectivity index (χ2n) is 3.69. The van der Waals surface area contributed by atoms with Gasteiger partial charge in [0.1, 0.15) is 12.7 Å². The summed E-state index contributed by atoms with van der Waals surface area (Å²) in [5.41, 5.74) is 6.73. The number of carbonyl (C=O) groups is 1. The minimum Gasteiger partial charge on any atom is -0.397 e. The zero-order valence-corrected chi connectivity index (χ0v) is 10.3. The topological polar surface area (TPSA) is 85.8 Å². The third-order valence-electron chi connectivity index (χ3n) is 2.32. The summed E-state index contributed by atoms with van der Waals surface area (Å²) >= 11 is 5.77. The average Bonchev–Trinajstić information content (AvgIpc) is 2.83. The quantitative estimate of drug-likeness (QED) is 0.821. The summed E-state index contributed by atoms with van der Waals surface area (Å²) in [4.78, 5) is 15.5. The molecule has 3 N–H and O–H groups in total. The molecule has 0 fully saturated rings. The normalized spacial score (nSPS) is 10.3. The van der Waals surface area contributed by atoms with Gasteiger partial charge >= 0.3 is 0 Å². The van der Waals surface area contributed by atoms with Crippen molar-refractivity contribution in [2.24, 2.45) is 0 Å². The number of nitrogens with two attached hydrogens (primary N) is 1. The molecule has 7 heteroatoms. The predicted octanol–water partition coefficient (Wildman–Crippen LogP) is 1.54. The van der Waals surface area contributed by atoms with Gasteiger partial charge in [0, 0.05) is 11.4 Å². The van der Waals surface area contributed by atoms with Gasteiger partial charge in [-0.25, -0.2) is 4.98 Å². The lowest BCUT2D eigenvalue weighted by Gasteiger charge is -2.08. The van der Waals surface area contributed by atoms with Crippen LogP contribution in [0.4, 0.5) is 11.4 Å². The van der Waals surface area contributed by atoms with Crippen LogP contribution in [0.2, 0.25) is 5.02 Å². The highest BCUT2D eigenvalue weighted by molar-refractivity contribution is 6.31. The molecule has 0 aliphatic carbocycles. The maximum atomic E-state index is 11.7. The zero-order chi connectivity index (χ0) is 13.0. The standard InChI is InChI=1S/C11H12ClN5O/c12-8-1-2-10(9(13)5-8)16-11(18)3-4-17-7-14-6-15-17/h1-2,5-7H,3-4,13H2,(H,16,18). The Hall–Kier alpha value is -2.08. The van der Waals surface area contributed by atoms with E-state index >= 15 is 0 Å². The van der Waals surface area contributed by atoms with Gasteiger partial charge in [-0.1, -0.05) is 11.6 Å². The van der Waals surface area contributed by atoms with Crippen LogP contribution in [0, 0.1) is 0 Å². The Morgan fingerprint density at radius 2 is 2.33 bits per heavy atom. The van der Waals surface area contributed by atoms with Crippen molar-refractivity contribution in [2.45, 2.75) is 13.0 Å². The average molecular weight is 266 g/mol. The van der Waals surface area contributed by atoms with Crippen LogP contribution in [0.15, 0.2) is 30.9 Å².